The molecule has 2 aliphatic rings. The van der Waals surface area contributed by atoms with Gasteiger partial charge in [-0.15, -0.1) is 0 Å². The maximum absolute atomic E-state index is 5.96. The molecular weight excluding hydrogens is 228 g/mol. The number of ether oxygens (including phenoxy) is 3. The Labute approximate surface area is 111 Å². The molecule has 0 amide bonds. The van der Waals surface area contributed by atoms with E-state index in [0.29, 0.717) is 25.7 Å². The molecule has 0 aromatic rings. The van der Waals surface area contributed by atoms with Crippen LogP contribution in [-0.4, -0.2) is 31.7 Å². The largest absolute Gasteiger partial charge is 0.373 e. The lowest BCUT2D eigenvalue weighted by atomic mass is 9.87. The first-order valence-corrected chi connectivity index (χ1v) is 7.57. The van der Waals surface area contributed by atoms with Crippen LogP contribution in [0, 0.1) is 5.92 Å². The average Bonchev–Trinajstić information content (AvgIpc) is 2.26. The second-order valence-electron chi connectivity index (χ2n) is 6.07. The van der Waals surface area contributed by atoms with Gasteiger partial charge in [0.15, 0.2) is 5.79 Å². The van der Waals surface area contributed by atoms with Crippen molar-refractivity contribution in [2.24, 2.45) is 5.92 Å². The standard InChI is InChI=1S/C15H28O3/c1-15(2)17-11-10-16-14(12-18-15)13-8-6-4-3-5-7-9-13/h13-14H,3-12H2,1-2H3. The highest BCUT2D eigenvalue weighted by atomic mass is 16.7. The van der Waals surface area contributed by atoms with Gasteiger partial charge < -0.3 is 14.2 Å². The van der Waals surface area contributed by atoms with Crippen molar-refractivity contribution < 1.29 is 14.2 Å². The lowest BCUT2D eigenvalue weighted by Crippen LogP contribution is -2.40. The fraction of sp³-hybridized carbons (Fsp3) is 1.00. The zero-order valence-corrected chi connectivity index (χ0v) is 12.0. The van der Waals surface area contributed by atoms with Crippen LogP contribution in [0.5, 0.6) is 0 Å². The van der Waals surface area contributed by atoms with Crippen molar-refractivity contribution in [3.8, 4) is 0 Å². The first-order valence-electron chi connectivity index (χ1n) is 7.57. The quantitative estimate of drug-likeness (QED) is 0.718. The molecule has 1 saturated heterocycles. The molecule has 1 aliphatic heterocycles. The molecular formula is C15H28O3. The minimum Gasteiger partial charge on any atom is -0.373 e. The summed E-state index contributed by atoms with van der Waals surface area (Å²) in [7, 11) is 0. The Morgan fingerprint density at radius 1 is 0.833 bits per heavy atom. The van der Waals surface area contributed by atoms with Gasteiger partial charge in [0.1, 0.15) is 0 Å². The molecule has 1 heterocycles. The van der Waals surface area contributed by atoms with Crippen LogP contribution in [0.2, 0.25) is 0 Å². The highest BCUT2D eigenvalue weighted by Gasteiger charge is 2.29. The topological polar surface area (TPSA) is 27.7 Å². The summed E-state index contributed by atoms with van der Waals surface area (Å²) in [5.74, 6) is 0.225. The Morgan fingerprint density at radius 2 is 1.50 bits per heavy atom. The van der Waals surface area contributed by atoms with E-state index in [0.717, 1.165) is 0 Å². The highest BCUT2D eigenvalue weighted by molar-refractivity contribution is 4.74. The lowest BCUT2D eigenvalue weighted by Gasteiger charge is -2.35. The van der Waals surface area contributed by atoms with Gasteiger partial charge in [0.05, 0.1) is 25.9 Å². The van der Waals surface area contributed by atoms with Crippen molar-refractivity contribution in [1.82, 2.24) is 0 Å². The van der Waals surface area contributed by atoms with E-state index in [1.807, 2.05) is 13.8 Å². The Hall–Kier alpha value is -0.120. The third-order valence-electron chi connectivity index (χ3n) is 4.14. The Morgan fingerprint density at radius 3 is 2.22 bits per heavy atom. The highest BCUT2D eigenvalue weighted by Crippen LogP contribution is 2.28. The Balaban J connectivity index is 1.88. The van der Waals surface area contributed by atoms with Gasteiger partial charge in [-0.3, -0.25) is 0 Å². The van der Waals surface area contributed by atoms with E-state index >= 15 is 0 Å². The van der Waals surface area contributed by atoms with Crippen molar-refractivity contribution in [3.05, 3.63) is 0 Å². The van der Waals surface area contributed by atoms with Gasteiger partial charge in [0.25, 0.3) is 0 Å². The van der Waals surface area contributed by atoms with Crippen molar-refractivity contribution >= 4 is 0 Å². The van der Waals surface area contributed by atoms with Crippen molar-refractivity contribution in [2.45, 2.75) is 70.7 Å². The average molecular weight is 256 g/mol. The van der Waals surface area contributed by atoms with Gasteiger partial charge in [-0.05, 0) is 32.6 Å². The van der Waals surface area contributed by atoms with Crippen LogP contribution >= 0.6 is 0 Å². The molecule has 106 valence electrons. The number of hydrogen-bond acceptors (Lipinski definition) is 3. The summed E-state index contributed by atoms with van der Waals surface area (Å²) in [5.41, 5.74) is 0. The zero-order valence-electron chi connectivity index (χ0n) is 12.0. The first-order chi connectivity index (χ1) is 8.67. The van der Waals surface area contributed by atoms with E-state index in [-0.39, 0.29) is 6.10 Å². The summed E-state index contributed by atoms with van der Waals surface area (Å²) in [6.07, 6.45) is 9.76. The monoisotopic (exact) mass is 256 g/mol. The number of hydrogen-bond donors (Lipinski definition) is 0. The van der Waals surface area contributed by atoms with Gasteiger partial charge in [-0.2, -0.15) is 0 Å². The van der Waals surface area contributed by atoms with Crippen molar-refractivity contribution in [2.75, 3.05) is 19.8 Å². The van der Waals surface area contributed by atoms with Gasteiger partial charge in [-0.25, -0.2) is 0 Å². The lowest BCUT2D eigenvalue weighted by molar-refractivity contribution is -0.256. The van der Waals surface area contributed by atoms with E-state index in [1.165, 1.54) is 44.9 Å². The van der Waals surface area contributed by atoms with Crippen LogP contribution in [0.25, 0.3) is 0 Å². The van der Waals surface area contributed by atoms with Crippen LogP contribution in [-0.2, 0) is 14.2 Å². The molecule has 1 atom stereocenters. The molecule has 18 heavy (non-hydrogen) atoms. The third kappa shape index (κ3) is 4.52. The van der Waals surface area contributed by atoms with Crippen molar-refractivity contribution in [3.63, 3.8) is 0 Å². The molecule has 3 nitrogen and oxygen atoms in total. The Kier molecular flexibility index (Phi) is 5.46. The molecule has 3 heteroatoms. The molecule has 1 aliphatic carbocycles. The molecule has 0 spiro atoms. The third-order valence-corrected chi connectivity index (χ3v) is 4.14. The Bertz CT molecular complexity index is 232. The van der Waals surface area contributed by atoms with Crippen LogP contribution in [0.1, 0.15) is 58.8 Å². The predicted molar refractivity (Wildman–Crippen MR) is 71.5 cm³/mol. The van der Waals surface area contributed by atoms with E-state index in [4.69, 9.17) is 14.2 Å². The number of rotatable bonds is 1. The summed E-state index contributed by atoms with van der Waals surface area (Å²) in [5, 5.41) is 0. The maximum atomic E-state index is 5.96. The molecule has 2 rings (SSSR count). The van der Waals surface area contributed by atoms with E-state index in [9.17, 15) is 0 Å². The summed E-state index contributed by atoms with van der Waals surface area (Å²) < 4.78 is 17.4. The van der Waals surface area contributed by atoms with Crippen LogP contribution in [0.4, 0.5) is 0 Å². The van der Waals surface area contributed by atoms with E-state index in [1.54, 1.807) is 0 Å². The molecule has 1 saturated carbocycles. The van der Waals surface area contributed by atoms with Crippen LogP contribution in [0.3, 0.4) is 0 Å². The SMILES string of the molecule is CC1(C)OCCOC(C2CCCCCCC2)CO1. The summed E-state index contributed by atoms with van der Waals surface area (Å²) in [4.78, 5) is 0. The predicted octanol–water partition coefficient (Wildman–Crippen LogP) is 3.52. The van der Waals surface area contributed by atoms with Crippen LogP contribution in [0.15, 0.2) is 0 Å². The molecule has 0 aromatic carbocycles. The van der Waals surface area contributed by atoms with Gasteiger partial charge in [-0.1, -0.05) is 32.1 Å². The second-order valence-corrected chi connectivity index (χ2v) is 6.07. The van der Waals surface area contributed by atoms with E-state index in [2.05, 4.69) is 0 Å². The zero-order chi connectivity index (χ0) is 12.8. The minimum absolute atomic E-state index is 0.270. The van der Waals surface area contributed by atoms with Crippen molar-refractivity contribution in [1.29, 1.82) is 0 Å². The maximum Gasteiger partial charge on any atom is 0.162 e. The molecule has 0 aromatic heterocycles. The fourth-order valence-electron chi connectivity index (χ4n) is 2.99. The smallest absolute Gasteiger partial charge is 0.162 e. The molecule has 0 bridgehead atoms. The summed E-state index contributed by atoms with van der Waals surface area (Å²) in [6.45, 7) is 6.00. The minimum atomic E-state index is -0.455. The van der Waals surface area contributed by atoms with Gasteiger partial charge >= 0.3 is 0 Å². The summed E-state index contributed by atoms with van der Waals surface area (Å²) >= 11 is 0. The van der Waals surface area contributed by atoms with E-state index < -0.39 is 5.79 Å². The second kappa shape index (κ2) is 6.88. The van der Waals surface area contributed by atoms with Gasteiger partial charge in [0.2, 0.25) is 0 Å². The molecule has 2 fully saturated rings. The molecule has 1 unspecified atom stereocenters. The molecule has 0 N–H and O–H groups in total. The van der Waals surface area contributed by atoms with Crippen LogP contribution < -0.4 is 0 Å². The summed E-state index contributed by atoms with van der Waals surface area (Å²) in [6, 6.07) is 0. The van der Waals surface area contributed by atoms with Gasteiger partial charge in [0, 0.05) is 0 Å². The molecule has 0 radical (unpaired) electrons. The normalized spacial score (nSPS) is 32.0. The first kappa shape index (κ1) is 14.3. The fourth-order valence-corrected chi connectivity index (χ4v) is 2.99.